The Kier molecular flexibility index (Phi) is 4.51. The number of amides is 1. The molecule has 3 rings (SSSR count). The van der Waals surface area contributed by atoms with E-state index in [1.807, 2.05) is 31.2 Å². The second-order valence-corrected chi connectivity index (χ2v) is 5.38. The number of aromatic nitrogens is 3. The van der Waals surface area contributed by atoms with E-state index in [-0.39, 0.29) is 11.6 Å². The van der Waals surface area contributed by atoms with E-state index in [1.165, 1.54) is 11.8 Å². The van der Waals surface area contributed by atoms with Gasteiger partial charge in [0, 0.05) is 18.8 Å². The highest BCUT2D eigenvalue weighted by molar-refractivity contribution is 6.02. The Bertz CT molecular complexity index is 842. The van der Waals surface area contributed by atoms with E-state index in [1.54, 1.807) is 19.1 Å². The smallest absolute Gasteiger partial charge is 0.275 e. The lowest BCUT2D eigenvalue weighted by molar-refractivity contribution is 0.102. The Morgan fingerprint density at radius 3 is 2.67 bits per heavy atom. The van der Waals surface area contributed by atoms with Crippen LogP contribution in [0.3, 0.4) is 0 Å². The lowest BCUT2D eigenvalue weighted by Gasteiger charge is -2.06. The van der Waals surface area contributed by atoms with E-state index in [2.05, 4.69) is 25.8 Å². The summed E-state index contributed by atoms with van der Waals surface area (Å²) in [6, 6.07) is 11.3. The molecule has 0 aliphatic heterocycles. The Balaban J connectivity index is 1.64. The first kappa shape index (κ1) is 15.7. The van der Waals surface area contributed by atoms with Gasteiger partial charge < -0.3 is 15.2 Å². The van der Waals surface area contributed by atoms with Crippen LogP contribution in [0.5, 0.6) is 0 Å². The van der Waals surface area contributed by atoms with Crippen molar-refractivity contribution < 1.29 is 9.32 Å². The van der Waals surface area contributed by atoms with E-state index in [0.717, 1.165) is 5.56 Å². The zero-order valence-electron chi connectivity index (χ0n) is 13.4. The normalized spacial score (nSPS) is 10.4. The largest absolute Gasteiger partial charge is 0.360 e. The topological polar surface area (TPSA) is 92.9 Å². The van der Waals surface area contributed by atoms with Crippen LogP contribution in [0.25, 0.3) is 0 Å². The van der Waals surface area contributed by atoms with Crippen molar-refractivity contribution in [2.24, 2.45) is 0 Å². The molecule has 0 atom stereocenters. The maximum absolute atomic E-state index is 12.2. The Hall–Kier alpha value is -3.22. The van der Waals surface area contributed by atoms with Crippen molar-refractivity contribution >= 4 is 17.7 Å². The summed E-state index contributed by atoms with van der Waals surface area (Å²) in [6.45, 7) is 4.37. The molecule has 0 bridgehead atoms. The summed E-state index contributed by atoms with van der Waals surface area (Å²) in [5, 5.41) is 9.45. The molecule has 1 aromatic carbocycles. The molecule has 2 heterocycles. The number of nitrogens with zero attached hydrogens (tertiary/aromatic N) is 3. The monoisotopic (exact) mass is 323 g/mol. The molecule has 7 heteroatoms. The molecule has 24 heavy (non-hydrogen) atoms. The van der Waals surface area contributed by atoms with Gasteiger partial charge in [0.15, 0.2) is 5.82 Å². The van der Waals surface area contributed by atoms with E-state index in [4.69, 9.17) is 4.52 Å². The molecule has 0 fully saturated rings. The van der Waals surface area contributed by atoms with Gasteiger partial charge in [-0.15, -0.1) is 0 Å². The molecule has 2 aromatic heterocycles. The number of aryl methyl sites for hydroxylation is 2. The third-order valence-corrected chi connectivity index (χ3v) is 3.33. The summed E-state index contributed by atoms with van der Waals surface area (Å²) in [4.78, 5) is 20.5. The summed E-state index contributed by atoms with van der Waals surface area (Å²) in [5.41, 5.74) is 2.56. The molecule has 0 radical (unpaired) electrons. The van der Waals surface area contributed by atoms with Crippen LogP contribution >= 0.6 is 0 Å². The minimum Gasteiger partial charge on any atom is -0.360 e. The maximum Gasteiger partial charge on any atom is 0.275 e. The van der Waals surface area contributed by atoms with Gasteiger partial charge in [-0.3, -0.25) is 4.79 Å². The highest BCUT2D eigenvalue weighted by Gasteiger charge is 2.11. The predicted molar refractivity (Wildman–Crippen MR) is 89.7 cm³/mol. The molecule has 0 aliphatic rings. The lowest BCUT2D eigenvalue weighted by Crippen LogP contribution is -2.15. The first-order valence-corrected chi connectivity index (χ1v) is 7.47. The van der Waals surface area contributed by atoms with Crippen molar-refractivity contribution in [3.8, 4) is 0 Å². The van der Waals surface area contributed by atoms with Gasteiger partial charge in [-0.25, -0.2) is 9.97 Å². The Labute approximate surface area is 139 Å². The lowest BCUT2D eigenvalue weighted by atomic mass is 10.1. The van der Waals surface area contributed by atoms with E-state index in [9.17, 15) is 4.79 Å². The summed E-state index contributed by atoms with van der Waals surface area (Å²) < 4.78 is 4.91. The van der Waals surface area contributed by atoms with Gasteiger partial charge in [0.25, 0.3) is 5.91 Å². The predicted octanol–water partition coefficient (Wildman–Crippen LogP) is 2.95. The third kappa shape index (κ3) is 3.95. The zero-order valence-corrected chi connectivity index (χ0v) is 13.4. The number of hydrogen-bond acceptors (Lipinski definition) is 6. The molecule has 0 aliphatic carbocycles. The highest BCUT2D eigenvalue weighted by atomic mass is 16.5. The summed E-state index contributed by atoms with van der Waals surface area (Å²) >= 11 is 0. The van der Waals surface area contributed by atoms with Crippen molar-refractivity contribution in [1.82, 2.24) is 15.1 Å². The SMILES string of the molecule is Cc1ccc(CNc2nccc(C(=O)Nc3cc(C)on3)n2)cc1. The first-order chi connectivity index (χ1) is 11.6. The van der Waals surface area contributed by atoms with E-state index in [0.29, 0.717) is 24.1 Å². The van der Waals surface area contributed by atoms with Crippen molar-refractivity contribution in [1.29, 1.82) is 0 Å². The third-order valence-electron chi connectivity index (χ3n) is 3.33. The summed E-state index contributed by atoms with van der Waals surface area (Å²) in [7, 11) is 0. The quantitative estimate of drug-likeness (QED) is 0.750. The number of carbonyl (C=O) groups is 1. The number of hydrogen-bond donors (Lipinski definition) is 2. The van der Waals surface area contributed by atoms with Crippen LogP contribution in [0, 0.1) is 13.8 Å². The van der Waals surface area contributed by atoms with Crippen LogP contribution in [0.2, 0.25) is 0 Å². The molecule has 0 saturated heterocycles. The van der Waals surface area contributed by atoms with Crippen molar-refractivity contribution in [2.75, 3.05) is 10.6 Å². The molecule has 0 unspecified atom stereocenters. The van der Waals surface area contributed by atoms with Gasteiger partial charge in [-0.2, -0.15) is 0 Å². The highest BCUT2D eigenvalue weighted by Crippen LogP contribution is 2.10. The van der Waals surface area contributed by atoms with E-state index >= 15 is 0 Å². The second-order valence-electron chi connectivity index (χ2n) is 5.38. The number of nitrogens with one attached hydrogen (secondary N) is 2. The fourth-order valence-electron chi connectivity index (χ4n) is 2.06. The first-order valence-electron chi connectivity index (χ1n) is 7.47. The maximum atomic E-state index is 12.2. The van der Waals surface area contributed by atoms with Crippen LogP contribution in [0.15, 0.2) is 47.1 Å². The second kappa shape index (κ2) is 6.91. The van der Waals surface area contributed by atoms with Crippen LogP contribution in [-0.2, 0) is 6.54 Å². The molecular formula is C17H17N5O2. The number of anilines is 2. The summed E-state index contributed by atoms with van der Waals surface area (Å²) in [5.74, 6) is 0.988. The van der Waals surface area contributed by atoms with Gasteiger partial charge in [-0.05, 0) is 25.5 Å². The average molecular weight is 323 g/mol. The molecule has 0 saturated carbocycles. The van der Waals surface area contributed by atoms with Crippen LogP contribution < -0.4 is 10.6 Å². The number of carbonyl (C=O) groups excluding carboxylic acids is 1. The molecule has 1 amide bonds. The van der Waals surface area contributed by atoms with Crippen molar-refractivity contribution in [3.05, 3.63) is 65.2 Å². The van der Waals surface area contributed by atoms with Crippen molar-refractivity contribution in [3.63, 3.8) is 0 Å². The number of rotatable bonds is 5. The number of benzene rings is 1. The Morgan fingerprint density at radius 2 is 1.96 bits per heavy atom. The minimum absolute atomic E-state index is 0.247. The molecular weight excluding hydrogens is 306 g/mol. The zero-order chi connectivity index (χ0) is 16.9. The van der Waals surface area contributed by atoms with Gasteiger partial charge >= 0.3 is 0 Å². The van der Waals surface area contributed by atoms with Crippen LogP contribution in [0.1, 0.15) is 27.4 Å². The molecule has 122 valence electrons. The molecule has 0 spiro atoms. The van der Waals surface area contributed by atoms with Crippen molar-refractivity contribution in [2.45, 2.75) is 20.4 Å². The van der Waals surface area contributed by atoms with Crippen LogP contribution in [0.4, 0.5) is 11.8 Å². The van der Waals surface area contributed by atoms with Crippen LogP contribution in [-0.4, -0.2) is 21.0 Å². The molecule has 7 nitrogen and oxygen atoms in total. The van der Waals surface area contributed by atoms with Gasteiger partial charge in [0.05, 0.1) is 0 Å². The molecule has 2 N–H and O–H groups in total. The van der Waals surface area contributed by atoms with Gasteiger partial charge in [0.2, 0.25) is 5.95 Å². The molecule has 3 aromatic rings. The Morgan fingerprint density at radius 1 is 1.17 bits per heavy atom. The standard InChI is InChI=1S/C17H17N5O2/c1-11-3-5-13(6-4-11)10-19-17-18-8-7-14(20-17)16(23)21-15-9-12(2)24-22-15/h3-9H,10H2,1-2H3,(H,18,19,20)(H,21,22,23). The van der Waals surface area contributed by atoms with E-state index < -0.39 is 0 Å². The minimum atomic E-state index is -0.371. The fraction of sp³-hybridized carbons (Fsp3) is 0.176. The average Bonchev–Trinajstić information content (AvgIpc) is 2.99. The van der Waals surface area contributed by atoms with Gasteiger partial charge in [-0.1, -0.05) is 35.0 Å². The summed E-state index contributed by atoms with van der Waals surface area (Å²) in [6.07, 6.45) is 1.54. The fourth-order valence-corrected chi connectivity index (χ4v) is 2.06. The van der Waals surface area contributed by atoms with Gasteiger partial charge in [0.1, 0.15) is 11.5 Å².